The lowest BCUT2D eigenvalue weighted by Crippen LogP contribution is -2.33. The van der Waals surface area contributed by atoms with Crippen molar-refractivity contribution in [2.75, 3.05) is 47.4 Å². The van der Waals surface area contributed by atoms with Crippen LogP contribution in [0.5, 0.6) is 5.75 Å². The number of ether oxygens (including phenoxy) is 2. The Morgan fingerprint density at radius 2 is 1.87 bits per heavy atom. The molecule has 0 N–H and O–H groups in total. The van der Waals surface area contributed by atoms with Crippen molar-refractivity contribution in [3.8, 4) is 5.75 Å². The molecule has 23 heavy (non-hydrogen) atoms. The van der Waals surface area contributed by atoms with Crippen LogP contribution in [0.1, 0.15) is 11.6 Å². The normalized spacial score (nSPS) is 27.3. The molecule has 3 atom stereocenters. The van der Waals surface area contributed by atoms with E-state index in [1.165, 1.54) is 12.7 Å². The maximum Gasteiger partial charge on any atom is 0.319 e. The van der Waals surface area contributed by atoms with Gasteiger partial charge in [0.05, 0.1) is 20.8 Å². The van der Waals surface area contributed by atoms with Gasteiger partial charge in [0, 0.05) is 25.7 Å². The highest BCUT2D eigenvalue weighted by Crippen LogP contribution is 2.44. The van der Waals surface area contributed by atoms with Crippen LogP contribution in [-0.2, 0) is 9.53 Å². The van der Waals surface area contributed by atoms with Crippen LogP contribution in [0.2, 0.25) is 0 Å². The maximum absolute atomic E-state index is 11.5. The van der Waals surface area contributed by atoms with E-state index < -0.39 is 0 Å². The highest BCUT2D eigenvalue weighted by Gasteiger charge is 2.46. The van der Waals surface area contributed by atoms with E-state index in [-0.39, 0.29) is 18.4 Å². The molecule has 0 spiro atoms. The number of nitrogens with zero attached hydrogens (tertiary/aromatic N) is 2. The fourth-order valence-electron chi connectivity index (χ4n) is 4.03. The average Bonchev–Trinajstić information content (AvgIpc) is 3.03. The molecule has 128 valence electrons. The lowest BCUT2D eigenvalue weighted by atomic mass is 9.89. The topological polar surface area (TPSA) is 42.0 Å². The lowest BCUT2D eigenvalue weighted by Gasteiger charge is -2.26. The zero-order valence-corrected chi connectivity index (χ0v) is 14.7. The largest absolute Gasteiger partial charge is 0.497 e. The van der Waals surface area contributed by atoms with Gasteiger partial charge in [0.25, 0.3) is 0 Å². The summed E-state index contributed by atoms with van der Waals surface area (Å²) in [4.78, 5) is 16.1. The Labute approximate surface area is 143 Å². The van der Waals surface area contributed by atoms with E-state index >= 15 is 0 Å². The second kappa shape index (κ2) is 7.51. The van der Waals surface area contributed by atoms with E-state index in [4.69, 9.17) is 9.47 Å². The molecule has 0 radical (unpaired) electrons. The Bertz CT molecular complexity index is 537. The van der Waals surface area contributed by atoms with Crippen LogP contribution >= 0.6 is 12.4 Å². The number of benzene rings is 1. The summed E-state index contributed by atoms with van der Waals surface area (Å²) in [6.07, 6.45) is 0. The molecule has 3 rings (SSSR count). The van der Waals surface area contributed by atoms with E-state index in [1.54, 1.807) is 7.11 Å². The number of fused-ring (bicyclic) bond motifs is 1. The predicted octanol–water partition coefficient (Wildman–Crippen LogP) is 1.82. The molecule has 0 unspecified atom stereocenters. The molecule has 2 aliphatic heterocycles. The Kier molecular flexibility index (Phi) is 5.89. The first kappa shape index (κ1) is 18.0. The second-order valence-corrected chi connectivity index (χ2v) is 6.35. The van der Waals surface area contributed by atoms with Crippen molar-refractivity contribution in [3.05, 3.63) is 29.8 Å². The fraction of sp³-hybridized carbons (Fsp3) is 0.588. The van der Waals surface area contributed by atoms with Gasteiger partial charge in [0.2, 0.25) is 0 Å². The minimum absolute atomic E-state index is 0. The van der Waals surface area contributed by atoms with Gasteiger partial charge in [-0.15, -0.1) is 12.4 Å². The van der Waals surface area contributed by atoms with Crippen molar-refractivity contribution < 1.29 is 14.3 Å². The van der Waals surface area contributed by atoms with Gasteiger partial charge in [0.1, 0.15) is 5.75 Å². The van der Waals surface area contributed by atoms with Crippen molar-refractivity contribution in [2.24, 2.45) is 11.8 Å². The van der Waals surface area contributed by atoms with Crippen LogP contribution in [-0.4, -0.2) is 63.2 Å². The summed E-state index contributed by atoms with van der Waals surface area (Å²) in [5.74, 6) is 1.94. The molecule has 2 saturated heterocycles. The van der Waals surface area contributed by atoms with Gasteiger partial charge in [-0.1, -0.05) is 12.1 Å². The number of carbonyl (C=O) groups is 1. The second-order valence-electron chi connectivity index (χ2n) is 6.35. The molecule has 1 aromatic carbocycles. The molecule has 1 aromatic rings. The molecule has 6 heteroatoms. The van der Waals surface area contributed by atoms with Gasteiger partial charge in [-0.2, -0.15) is 0 Å². The Morgan fingerprint density at radius 3 is 2.48 bits per heavy atom. The first-order valence-corrected chi connectivity index (χ1v) is 7.75. The first-order valence-electron chi connectivity index (χ1n) is 7.75. The number of likely N-dealkylation sites (tertiary alicyclic amines) is 2. The highest BCUT2D eigenvalue weighted by molar-refractivity contribution is 5.85. The molecule has 0 amide bonds. The third-order valence-corrected chi connectivity index (χ3v) is 5.01. The van der Waals surface area contributed by atoms with Gasteiger partial charge in [-0.3, -0.25) is 14.6 Å². The van der Waals surface area contributed by atoms with Crippen LogP contribution in [0.25, 0.3) is 0 Å². The SMILES string of the molecule is COC(=O)CN1C[C@@H]2CN(C)[C@@H](c3ccc(OC)cc3)[C@@H]2C1.Cl. The summed E-state index contributed by atoms with van der Waals surface area (Å²) in [7, 11) is 5.33. The van der Waals surface area contributed by atoms with Gasteiger partial charge < -0.3 is 9.47 Å². The minimum atomic E-state index is -0.144. The average molecular weight is 341 g/mol. The summed E-state index contributed by atoms with van der Waals surface area (Å²) in [6, 6.07) is 8.78. The molecule has 2 aliphatic rings. The molecule has 5 nitrogen and oxygen atoms in total. The zero-order valence-electron chi connectivity index (χ0n) is 13.9. The lowest BCUT2D eigenvalue weighted by molar-refractivity contribution is -0.141. The van der Waals surface area contributed by atoms with Crippen molar-refractivity contribution in [2.45, 2.75) is 6.04 Å². The van der Waals surface area contributed by atoms with Crippen LogP contribution < -0.4 is 4.74 Å². The summed E-state index contributed by atoms with van der Waals surface area (Å²) in [5, 5.41) is 0. The third kappa shape index (κ3) is 3.62. The molecular formula is C17H25ClN2O3. The van der Waals surface area contributed by atoms with Crippen molar-refractivity contribution in [3.63, 3.8) is 0 Å². The summed E-state index contributed by atoms with van der Waals surface area (Å²) in [5.41, 5.74) is 1.33. The molecule has 0 aliphatic carbocycles. The maximum atomic E-state index is 11.5. The van der Waals surface area contributed by atoms with E-state index in [0.29, 0.717) is 24.4 Å². The number of halogens is 1. The van der Waals surface area contributed by atoms with Crippen LogP contribution in [0.3, 0.4) is 0 Å². The molecule has 0 bridgehead atoms. The van der Waals surface area contributed by atoms with E-state index in [1.807, 2.05) is 12.1 Å². The number of esters is 1. The quantitative estimate of drug-likeness (QED) is 0.782. The summed E-state index contributed by atoms with van der Waals surface area (Å²) >= 11 is 0. The number of methoxy groups -OCH3 is 2. The van der Waals surface area contributed by atoms with Crippen molar-refractivity contribution >= 4 is 18.4 Å². The van der Waals surface area contributed by atoms with E-state index in [9.17, 15) is 4.79 Å². The minimum Gasteiger partial charge on any atom is -0.497 e. The van der Waals surface area contributed by atoms with Crippen LogP contribution in [0, 0.1) is 11.8 Å². The van der Waals surface area contributed by atoms with Gasteiger partial charge >= 0.3 is 5.97 Å². The highest BCUT2D eigenvalue weighted by atomic mass is 35.5. The fourth-order valence-corrected chi connectivity index (χ4v) is 4.03. The summed E-state index contributed by atoms with van der Waals surface area (Å²) < 4.78 is 10.0. The molecule has 0 aromatic heterocycles. The molecular weight excluding hydrogens is 316 g/mol. The number of hydrogen-bond acceptors (Lipinski definition) is 5. The van der Waals surface area contributed by atoms with E-state index in [2.05, 4.69) is 29.0 Å². The third-order valence-electron chi connectivity index (χ3n) is 5.01. The number of hydrogen-bond donors (Lipinski definition) is 0. The van der Waals surface area contributed by atoms with Crippen LogP contribution in [0.15, 0.2) is 24.3 Å². The Balaban J connectivity index is 0.00000192. The molecule has 2 heterocycles. The van der Waals surface area contributed by atoms with Crippen LogP contribution in [0.4, 0.5) is 0 Å². The first-order chi connectivity index (χ1) is 10.6. The number of rotatable bonds is 4. The van der Waals surface area contributed by atoms with Crippen molar-refractivity contribution in [1.29, 1.82) is 0 Å². The smallest absolute Gasteiger partial charge is 0.319 e. The predicted molar refractivity (Wildman–Crippen MR) is 91.0 cm³/mol. The zero-order chi connectivity index (χ0) is 15.7. The summed E-state index contributed by atoms with van der Waals surface area (Å²) in [6.45, 7) is 3.43. The van der Waals surface area contributed by atoms with Crippen molar-refractivity contribution in [1.82, 2.24) is 9.80 Å². The Hall–Kier alpha value is -1.30. The number of carbonyl (C=O) groups excluding carboxylic acids is 1. The van der Waals surface area contributed by atoms with Gasteiger partial charge in [-0.05, 0) is 36.6 Å². The van der Waals surface area contributed by atoms with E-state index in [0.717, 1.165) is 25.4 Å². The van der Waals surface area contributed by atoms with Gasteiger partial charge in [-0.25, -0.2) is 0 Å². The monoisotopic (exact) mass is 340 g/mol. The standard InChI is InChI=1S/C17H24N2O3.ClH/c1-18-8-13-9-19(11-16(20)22-3)10-15(13)17(18)12-4-6-14(21-2)7-5-12;/h4-7,13,15,17H,8-11H2,1-3H3;1H/t13-,15+,17-;/m0./s1. The molecule has 0 saturated carbocycles. The van der Waals surface area contributed by atoms with Gasteiger partial charge in [0.15, 0.2) is 0 Å². The Morgan fingerprint density at radius 1 is 1.17 bits per heavy atom. The molecule has 2 fully saturated rings.